The van der Waals surface area contributed by atoms with Crippen LogP contribution in [-0.2, 0) is 0 Å². The number of phenolic OH excluding ortho intramolecular Hbond substituents is 3. The lowest BCUT2D eigenvalue weighted by atomic mass is 10.1. The lowest BCUT2D eigenvalue weighted by Gasteiger charge is -2.09. The Kier molecular flexibility index (Phi) is 3.61. The smallest absolute Gasteiger partial charge is 0.271 e. The molecular weight excluding hydrogens is 280 g/mol. The standard InChI is InChI=1S/C13H10N2O6/c16-10-5-4-7(15(20)21)6-9(10)14-13(19)8-2-1-3-11(17)12(8)18/h1-6,16-18H,(H,14,19). The highest BCUT2D eigenvalue weighted by molar-refractivity contribution is 6.07. The summed E-state index contributed by atoms with van der Waals surface area (Å²) in [7, 11) is 0. The second-order valence-electron chi connectivity index (χ2n) is 4.09. The van der Waals surface area contributed by atoms with Crippen molar-refractivity contribution in [3.05, 3.63) is 52.1 Å². The molecule has 0 saturated carbocycles. The molecule has 0 unspecified atom stereocenters. The number of rotatable bonds is 3. The molecule has 0 radical (unpaired) electrons. The van der Waals surface area contributed by atoms with Crippen LogP contribution in [0.3, 0.4) is 0 Å². The van der Waals surface area contributed by atoms with E-state index in [1.807, 2.05) is 0 Å². The van der Waals surface area contributed by atoms with Crippen LogP contribution in [0.2, 0.25) is 0 Å². The molecule has 0 aromatic heterocycles. The fourth-order valence-electron chi connectivity index (χ4n) is 1.64. The molecule has 2 aromatic carbocycles. The number of benzene rings is 2. The highest BCUT2D eigenvalue weighted by Crippen LogP contribution is 2.31. The number of carbonyl (C=O) groups excluding carboxylic acids is 1. The van der Waals surface area contributed by atoms with Crippen LogP contribution in [0.5, 0.6) is 17.2 Å². The zero-order valence-corrected chi connectivity index (χ0v) is 10.5. The molecule has 0 spiro atoms. The maximum absolute atomic E-state index is 12.0. The summed E-state index contributed by atoms with van der Waals surface area (Å²) in [6.45, 7) is 0. The van der Waals surface area contributed by atoms with Crippen molar-refractivity contribution in [3.63, 3.8) is 0 Å². The molecule has 0 bridgehead atoms. The number of aromatic hydroxyl groups is 3. The Morgan fingerprint density at radius 3 is 2.48 bits per heavy atom. The van der Waals surface area contributed by atoms with Gasteiger partial charge in [0.25, 0.3) is 11.6 Å². The van der Waals surface area contributed by atoms with Crippen LogP contribution in [0, 0.1) is 10.1 Å². The van der Waals surface area contributed by atoms with Gasteiger partial charge in [0, 0.05) is 12.1 Å². The molecule has 0 saturated heterocycles. The fraction of sp³-hybridized carbons (Fsp3) is 0. The first-order valence-electron chi connectivity index (χ1n) is 5.70. The van der Waals surface area contributed by atoms with Gasteiger partial charge in [-0.1, -0.05) is 6.07 Å². The molecule has 0 aliphatic carbocycles. The molecule has 108 valence electrons. The van der Waals surface area contributed by atoms with Crippen LogP contribution >= 0.6 is 0 Å². The Morgan fingerprint density at radius 1 is 1.10 bits per heavy atom. The van der Waals surface area contributed by atoms with Crippen molar-refractivity contribution in [1.29, 1.82) is 0 Å². The molecule has 2 aromatic rings. The van der Waals surface area contributed by atoms with Crippen molar-refractivity contribution in [1.82, 2.24) is 0 Å². The molecule has 2 rings (SSSR count). The third kappa shape index (κ3) is 2.84. The van der Waals surface area contributed by atoms with E-state index in [1.165, 1.54) is 18.2 Å². The van der Waals surface area contributed by atoms with E-state index in [-0.39, 0.29) is 22.7 Å². The molecule has 0 heterocycles. The number of hydrogen-bond acceptors (Lipinski definition) is 6. The highest BCUT2D eigenvalue weighted by Gasteiger charge is 2.17. The Morgan fingerprint density at radius 2 is 1.81 bits per heavy atom. The van der Waals surface area contributed by atoms with Crippen LogP contribution < -0.4 is 5.32 Å². The lowest BCUT2D eigenvalue weighted by Crippen LogP contribution is -2.12. The van der Waals surface area contributed by atoms with E-state index in [1.54, 1.807) is 0 Å². The number of hydrogen-bond donors (Lipinski definition) is 4. The van der Waals surface area contributed by atoms with Crippen LogP contribution in [0.25, 0.3) is 0 Å². The van der Waals surface area contributed by atoms with Gasteiger partial charge >= 0.3 is 0 Å². The molecule has 0 aliphatic heterocycles. The van der Waals surface area contributed by atoms with Gasteiger partial charge in [-0.25, -0.2) is 0 Å². The first-order chi connectivity index (χ1) is 9.90. The van der Waals surface area contributed by atoms with E-state index in [4.69, 9.17) is 0 Å². The van der Waals surface area contributed by atoms with Crippen molar-refractivity contribution in [2.75, 3.05) is 5.32 Å². The molecule has 0 aliphatic rings. The lowest BCUT2D eigenvalue weighted by molar-refractivity contribution is -0.384. The van der Waals surface area contributed by atoms with Crippen molar-refractivity contribution < 1.29 is 25.0 Å². The summed E-state index contributed by atoms with van der Waals surface area (Å²) in [6.07, 6.45) is 0. The monoisotopic (exact) mass is 290 g/mol. The number of nitrogens with zero attached hydrogens (tertiary/aromatic N) is 1. The van der Waals surface area contributed by atoms with E-state index in [9.17, 15) is 30.2 Å². The first kappa shape index (κ1) is 14.1. The van der Waals surface area contributed by atoms with E-state index in [2.05, 4.69) is 5.32 Å². The number of amides is 1. The molecule has 1 amide bonds. The topological polar surface area (TPSA) is 133 Å². The third-order valence-electron chi connectivity index (χ3n) is 2.70. The maximum atomic E-state index is 12.0. The SMILES string of the molecule is O=C(Nc1cc([N+](=O)[O-])ccc1O)c1cccc(O)c1O. The van der Waals surface area contributed by atoms with Crippen molar-refractivity contribution >= 4 is 17.3 Å². The van der Waals surface area contributed by atoms with Gasteiger partial charge in [0.05, 0.1) is 16.2 Å². The average Bonchev–Trinajstić information content (AvgIpc) is 2.43. The zero-order valence-electron chi connectivity index (χ0n) is 10.5. The third-order valence-corrected chi connectivity index (χ3v) is 2.70. The summed E-state index contributed by atoms with van der Waals surface area (Å²) >= 11 is 0. The van der Waals surface area contributed by atoms with Crippen molar-refractivity contribution in [2.45, 2.75) is 0 Å². The summed E-state index contributed by atoms with van der Waals surface area (Å²) in [5.74, 6) is -2.31. The first-order valence-corrected chi connectivity index (χ1v) is 5.70. The number of phenols is 3. The molecular formula is C13H10N2O6. The van der Waals surface area contributed by atoms with E-state index in [0.29, 0.717) is 0 Å². The molecule has 8 heteroatoms. The van der Waals surface area contributed by atoms with Gasteiger partial charge in [0.2, 0.25) is 0 Å². The fourth-order valence-corrected chi connectivity index (χ4v) is 1.64. The minimum atomic E-state index is -0.834. The van der Waals surface area contributed by atoms with Crippen LogP contribution in [0.1, 0.15) is 10.4 Å². The molecule has 21 heavy (non-hydrogen) atoms. The maximum Gasteiger partial charge on any atom is 0.271 e. The summed E-state index contributed by atoms with van der Waals surface area (Å²) in [5.41, 5.74) is -0.735. The van der Waals surface area contributed by atoms with Gasteiger partial charge in [-0.2, -0.15) is 0 Å². The van der Waals surface area contributed by atoms with Crippen molar-refractivity contribution in [3.8, 4) is 17.2 Å². The van der Waals surface area contributed by atoms with Crippen LogP contribution in [-0.4, -0.2) is 26.2 Å². The number of nitro groups is 1. The Hall–Kier alpha value is -3.29. The van der Waals surface area contributed by atoms with E-state index in [0.717, 1.165) is 18.2 Å². The van der Waals surface area contributed by atoms with Gasteiger partial charge in [-0.05, 0) is 18.2 Å². The van der Waals surface area contributed by atoms with Gasteiger partial charge < -0.3 is 20.6 Å². The Balaban J connectivity index is 2.33. The minimum Gasteiger partial charge on any atom is -0.506 e. The van der Waals surface area contributed by atoms with Gasteiger partial charge in [-0.3, -0.25) is 14.9 Å². The number of nitrogens with one attached hydrogen (secondary N) is 1. The molecule has 0 fully saturated rings. The zero-order chi connectivity index (χ0) is 15.6. The summed E-state index contributed by atoms with van der Waals surface area (Å²) < 4.78 is 0. The summed E-state index contributed by atoms with van der Waals surface area (Å²) in [6, 6.07) is 6.91. The molecule has 0 atom stereocenters. The Labute approximate surface area is 118 Å². The van der Waals surface area contributed by atoms with Crippen molar-refractivity contribution in [2.24, 2.45) is 0 Å². The average molecular weight is 290 g/mol. The van der Waals surface area contributed by atoms with E-state index >= 15 is 0 Å². The molecule has 4 N–H and O–H groups in total. The minimum absolute atomic E-state index is 0.183. The number of carbonyl (C=O) groups is 1. The predicted molar refractivity (Wildman–Crippen MR) is 72.5 cm³/mol. The number of non-ortho nitro benzene ring substituents is 1. The second-order valence-corrected chi connectivity index (χ2v) is 4.09. The summed E-state index contributed by atoms with van der Waals surface area (Å²) in [5, 5.41) is 41.4. The number of anilines is 1. The predicted octanol–water partition coefficient (Wildman–Crippen LogP) is 1.96. The summed E-state index contributed by atoms with van der Waals surface area (Å²) in [4.78, 5) is 21.9. The normalized spacial score (nSPS) is 10.1. The Bertz CT molecular complexity index is 729. The number of para-hydroxylation sites is 1. The van der Waals surface area contributed by atoms with Crippen LogP contribution in [0.15, 0.2) is 36.4 Å². The highest BCUT2D eigenvalue weighted by atomic mass is 16.6. The quantitative estimate of drug-likeness (QED) is 0.388. The van der Waals surface area contributed by atoms with E-state index < -0.39 is 22.3 Å². The second kappa shape index (κ2) is 5.37. The number of nitro benzene ring substituents is 1. The molecule has 8 nitrogen and oxygen atoms in total. The van der Waals surface area contributed by atoms with Gasteiger partial charge in [0.15, 0.2) is 11.5 Å². The van der Waals surface area contributed by atoms with Gasteiger partial charge in [-0.15, -0.1) is 0 Å². The van der Waals surface area contributed by atoms with Gasteiger partial charge in [0.1, 0.15) is 5.75 Å². The largest absolute Gasteiger partial charge is 0.506 e. The van der Waals surface area contributed by atoms with Crippen LogP contribution in [0.4, 0.5) is 11.4 Å².